The Morgan fingerprint density at radius 1 is 1.30 bits per heavy atom. The van der Waals surface area contributed by atoms with Crippen molar-refractivity contribution >= 4 is 11.9 Å². The molecule has 1 N–H and O–H groups in total. The van der Waals surface area contributed by atoms with Crippen LogP contribution < -0.4 is 4.74 Å². The topological polar surface area (TPSA) is 66.8 Å². The number of benzene rings is 1. The van der Waals surface area contributed by atoms with E-state index in [1.807, 2.05) is 0 Å². The minimum atomic E-state index is -1.03. The van der Waals surface area contributed by atoms with Crippen molar-refractivity contribution in [2.45, 2.75) is 19.8 Å². The highest BCUT2D eigenvalue weighted by atomic mass is 19.1. The molecule has 0 heterocycles. The van der Waals surface area contributed by atoms with Crippen LogP contribution in [0.3, 0.4) is 0 Å². The third-order valence-electron chi connectivity index (χ3n) is 2.68. The molecule has 0 fully saturated rings. The predicted molar refractivity (Wildman–Crippen MR) is 71.0 cm³/mol. The first-order valence-corrected chi connectivity index (χ1v) is 6.41. The lowest BCUT2D eigenvalue weighted by Crippen LogP contribution is -2.35. The van der Waals surface area contributed by atoms with Crippen LogP contribution in [0.5, 0.6) is 5.75 Å². The van der Waals surface area contributed by atoms with E-state index in [0.717, 1.165) is 0 Å². The summed E-state index contributed by atoms with van der Waals surface area (Å²) in [7, 11) is 0. The maximum absolute atomic E-state index is 12.7. The number of carboxylic acids is 1. The summed E-state index contributed by atoms with van der Waals surface area (Å²) in [6.45, 7) is 2.13. The zero-order valence-electron chi connectivity index (χ0n) is 11.3. The molecule has 1 amide bonds. The first-order valence-electron chi connectivity index (χ1n) is 6.41. The Morgan fingerprint density at radius 2 is 1.95 bits per heavy atom. The molecule has 1 rings (SSSR count). The molecule has 110 valence electrons. The van der Waals surface area contributed by atoms with E-state index < -0.39 is 5.97 Å². The number of rotatable bonds is 8. The van der Waals surface area contributed by atoms with Gasteiger partial charge in [0.2, 0.25) is 5.91 Å². The fraction of sp³-hybridized carbons (Fsp3) is 0.429. The molecule has 0 aliphatic rings. The second-order valence-corrected chi connectivity index (χ2v) is 4.21. The van der Waals surface area contributed by atoms with Gasteiger partial charge in [0.25, 0.3) is 0 Å². The van der Waals surface area contributed by atoms with Crippen molar-refractivity contribution in [2.75, 3.05) is 19.7 Å². The molecule has 0 aliphatic carbocycles. The standard InChI is InChI=1S/C14H18FNO4/c1-2-16(10-14(18)19)13(17)4-3-9-20-12-7-5-11(15)6-8-12/h5-8H,2-4,9-10H2,1H3,(H,18,19). The molecular formula is C14H18FNO4. The van der Waals surface area contributed by atoms with Gasteiger partial charge >= 0.3 is 5.97 Å². The Morgan fingerprint density at radius 3 is 2.50 bits per heavy atom. The van der Waals surface area contributed by atoms with E-state index in [1.165, 1.54) is 29.2 Å². The van der Waals surface area contributed by atoms with E-state index in [9.17, 15) is 14.0 Å². The van der Waals surface area contributed by atoms with Gasteiger partial charge in [-0.3, -0.25) is 9.59 Å². The Bertz CT molecular complexity index is 447. The average molecular weight is 283 g/mol. The lowest BCUT2D eigenvalue weighted by molar-refractivity contribution is -0.144. The second-order valence-electron chi connectivity index (χ2n) is 4.21. The SMILES string of the molecule is CCN(CC(=O)O)C(=O)CCCOc1ccc(F)cc1. The number of likely N-dealkylation sites (N-methyl/N-ethyl adjacent to an activating group) is 1. The van der Waals surface area contributed by atoms with E-state index in [4.69, 9.17) is 9.84 Å². The number of nitrogens with zero attached hydrogens (tertiary/aromatic N) is 1. The highest BCUT2D eigenvalue weighted by Gasteiger charge is 2.14. The van der Waals surface area contributed by atoms with E-state index in [2.05, 4.69) is 0 Å². The van der Waals surface area contributed by atoms with Crippen LogP contribution in [-0.2, 0) is 9.59 Å². The number of hydrogen-bond donors (Lipinski definition) is 1. The quantitative estimate of drug-likeness (QED) is 0.740. The molecule has 0 aromatic heterocycles. The van der Waals surface area contributed by atoms with Gasteiger partial charge in [-0.25, -0.2) is 4.39 Å². The number of carbonyl (C=O) groups excluding carboxylic acids is 1. The van der Waals surface area contributed by atoms with E-state index in [1.54, 1.807) is 6.92 Å². The van der Waals surface area contributed by atoms with Crippen molar-refractivity contribution in [3.63, 3.8) is 0 Å². The van der Waals surface area contributed by atoms with Gasteiger partial charge < -0.3 is 14.7 Å². The molecule has 1 aromatic carbocycles. The minimum absolute atomic E-state index is 0.211. The molecule has 0 bridgehead atoms. The van der Waals surface area contributed by atoms with Gasteiger partial charge in [-0.2, -0.15) is 0 Å². The number of ether oxygens (including phenoxy) is 1. The van der Waals surface area contributed by atoms with Crippen molar-refractivity contribution in [1.29, 1.82) is 0 Å². The fourth-order valence-electron chi connectivity index (χ4n) is 1.64. The van der Waals surface area contributed by atoms with Gasteiger partial charge in [0, 0.05) is 13.0 Å². The minimum Gasteiger partial charge on any atom is -0.494 e. The van der Waals surface area contributed by atoms with Gasteiger partial charge in [-0.1, -0.05) is 0 Å². The van der Waals surface area contributed by atoms with Crippen LogP contribution >= 0.6 is 0 Å². The number of carboxylic acid groups (broad SMARTS) is 1. The first-order chi connectivity index (χ1) is 9.52. The zero-order chi connectivity index (χ0) is 15.0. The molecule has 0 aliphatic heterocycles. The maximum atomic E-state index is 12.7. The number of halogens is 1. The number of hydrogen-bond acceptors (Lipinski definition) is 3. The Balaban J connectivity index is 2.27. The molecule has 0 saturated carbocycles. The monoisotopic (exact) mass is 283 g/mol. The van der Waals surface area contributed by atoms with Crippen LogP contribution in [0, 0.1) is 5.82 Å². The van der Waals surface area contributed by atoms with Crippen LogP contribution in [0.2, 0.25) is 0 Å². The molecule has 6 heteroatoms. The molecular weight excluding hydrogens is 265 g/mol. The van der Waals surface area contributed by atoms with Crippen molar-refractivity contribution in [3.05, 3.63) is 30.1 Å². The van der Waals surface area contributed by atoms with Crippen LogP contribution in [-0.4, -0.2) is 41.6 Å². The number of carbonyl (C=O) groups is 2. The van der Waals surface area contributed by atoms with Crippen LogP contribution in [0.1, 0.15) is 19.8 Å². The second kappa shape index (κ2) is 8.14. The lowest BCUT2D eigenvalue weighted by Gasteiger charge is -2.18. The summed E-state index contributed by atoms with van der Waals surface area (Å²) >= 11 is 0. The van der Waals surface area contributed by atoms with Crippen LogP contribution in [0.15, 0.2) is 24.3 Å². The fourth-order valence-corrected chi connectivity index (χ4v) is 1.64. The van der Waals surface area contributed by atoms with Gasteiger partial charge in [0.05, 0.1) is 6.61 Å². The summed E-state index contributed by atoms with van der Waals surface area (Å²) in [5.41, 5.74) is 0. The normalized spacial score (nSPS) is 10.1. The molecule has 0 unspecified atom stereocenters. The van der Waals surface area contributed by atoms with Gasteiger partial charge in [0.15, 0.2) is 0 Å². The largest absolute Gasteiger partial charge is 0.494 e. The summed E-state index contributed by atoms with van der Waals surface area (Å²) in [6, 6.07) is 5.62. The summed E-state index contributed by atoms with van der Waals surface area (Å²) in [6.07, 6.45) is 0.703. The molecule has 0 saturated heterocycles. The number of amides is 1. The molecule has 0 atom stereocenters. The lowest BCUT2D eigenvalue weighted by atomic mass is 10.2. The molecule has 0 radical (unpaired) electrons. The maximum Gasteiger partial charge on any atom is 0.323 e. The summed E-state index contributed by atoms with van der Waals surface area (Å²) in [5, 5.41) is 8.66. The van der Waals surface area contributed by atoms with Gasteiger partial charge in [0.1, 0.15) is 18.1 Å². The smallest absolute Gasteiger partial charge is 0.323 e. The Hall–Kier alpha value is -2.11. The number of aliphatic carboxylic acids is 1. The first kappa shape index (κ1) is 15.9. The van der Waals surface area contributed by atoms with Crippen molar-refractivity contribution in [3.8, 4) is 5.75 Å². The summed E-state index contributed by atoms with van der Waals surface area (Å²) in [4.78, 5) is 23.6. The summed E-state index contributed by atoms with van der Waals surface area (Å²) in [5.74, 6) is -1.03. The van der Waals surface area contributed by atoms with Crippen molar-refractivity contribution in [1.82, 2.24) is 4.90 Å². The van der Waals surface area contributed by atoms with Gasteiger partial charge in [-0.15, -0.1) is 0 Å². The van der Waals surface area contributed by atoms with E-state index in [-0.39, 0.29) is 24.7 Å². The van der Waals surface area contributed by atoms with Crippen LogP contribution in [0.25, 0.3) is 0 Å². The van der Waals surface area contributed by atoms with Crippen LogP contribution in [0.4, 0.5) is 4.39 Å². The third kappa shape index (κ3) is 5.69. The Kier molecular flexibility index (Phi) is 6.49. The summed E-state index contributed by atoms with van der Waals surface area (Å²) < 4.78 is 18.0. The molecule has 1 aromatic rings. The molecule has 5 nitrogen and oxygen atoms in total. The Labute approximate surface area is 117 Å². The average Bonchev–Trinajstić information content (AvgIpc) is 2.42. The molecule has 20 heavy (non-hydrogen) atoms. The molecule has 0 spiro atoms. The van der Waals surface area contributed by atoms with Gasteiger partial charge in [-0.05, 0) is 37.6 Å². The van der Waals surface area contributed by atoms with E-state index >= 15 is 0 Å². The third-order valence-corrected chi connectivity index (χ3v) is 2.68. The predicted octanol–water partition coefficient (Wildman–Crippen LogP) is 1.92. The van der Waals surface area contributed by atoms with Crippen molar-refractivity contribution in [2.24, 2.45) is 0 Å². The highest BCUT2D eigenvalue weighted by molar-refractivity contribution is 5.81. The zero-order valence-corrected chi connectivity index (χ0v) is 11.3. The van der Waals surface area contributed by atoms with E-state index in [0.29, 0.717) is 25.3 Å². The van der Waals surface area contributed by atoms with Crippen molar-refractivity contribution < 1.29 is 23.8 Å². The highest BCUT2D eigenvalue weighted by Crippen LogP contribution is 2.11.